The number of nitrogens with one attached hydrogen (secondary N) is 2. The molecule has 0 unspecified atom stereocenters. The largest absolute Gasteiger partial charge is 0.357 e. The van der Waals surface area contributed by atoms with Crippen molar-refractivity contribution in [1.82, 2.24) is 19.9 Å². The van der Waals surface area contributed by atoms with E-state index in [2.05, 4.69) is 27.8 Å². The molecule has 0 atom stereocenters. The zero-order valence-corrected chi connectivity index (χ0v) is 19.2. The van der Waals surface area contributed by atoms with Crippen LogP contribution in [0, 0.1) is 0 Å². The molecule has 8 nitrogen and oxygen atoms in total. The first-order chi connectivity index (χ1) is 14.0. The van der Waals surface area contributed by atoms with Crippen LogP contribution in [-0.2, 0) is 16.4 Å². The van der Waals surface area contributed by atoms with Crippen LogP contribution in [0.4, 0.5) is 5.13 Å². The molecule has 1 aromatic heterocycles. The van der Waals surface area contributed by atoms with Crippen molar-refractivity contribution < 1.29 is 8.42 Å². The third-order valence-corrected chi connectivity index (χ3v) is 8.28. The number of hydrogen-bond donors (Lipinski definition) is 2. The van der Waals surface area contributed by atoms with Gasteiger partial charge in [-0.05, 0) is 39.5 Å². The van der Waals surface area contributed by atoms with Gasteiger partial charge in [-0.2, -0.15) is 0 Å². The second-order valence-electron chi connectivity index (χ2n) is 7.54. The summed E-state index contributed by atoms with van der Waals surface area (Å²) in [4.78, 5) is 11.8. The molecule has 2 aliphatic heterocycles. The number of nitrogens with zero attached hydrogens (tertiary/aromatic N) is 4. The number of piperidine rings is 1. The van der Waals surface area contributed by atoms with Gasteiger partial charge in [-0.3, -0.25) is 4.99 Å². The predicted octanol–water partition coefficient (Wildman–Crippen LogP) is 1.66. The van der Waals surface area contributed by atoms with Gasteiger partial charge in [0, 0.05) is 57.1 Å². The average Bonchev–Trinajstić information content (AvgIpc) is 3.40. The molecule has 0 aromatic carbocycles. The Morgan fingerprint density at radius 3 is 2.62 bits per heavy atom. The van der Waals surface area contributed by atoms with E-state index in [-0.39, 0.29) is 11.8 Å². The number of hydrogen-bond acceptors (Lipinski definition) is 6. The lowest BCUT2D eigenvalue weighted by Crippen LogP contribution is -2.50. The van der Waals surface area contributed by atoms with Gasteiger partial charge in [-0.1, -0.05) is 0 Å². The second kappa shape index (κ2) is 10.6. The Morgan fingerprint density at radius 1 is 1.24 bits per heavy atom. The summed E-state index contributed by atoms with van der Waals surface area (Å²) in [7, 11) is -3.08. The van der Waals surface area contributed by atoms with E-state index in [9.17, 15) is 8.42 Å². The predicted molar refractivity (Wildman–Crippen MR) is 120 cm³/mol. The van der Waals surface area contributed by atoms with Crippen molar-refractivity contribution in [2.75, 3.05) is 49.9 Å². The Hall–Kier alpha value is -1.39. The number of guanidine groups is 1. The minimum absolute atomic E-state index is 0.172. The van der Waals surface area contributed by atoms with Crippen LogP contribution in [0.3, 0.4) is 0 Å². The molecule has 0 radical (unpaired) electrons. The second-order valence-corrected chi connectivity index (χ2v) is 10.6. The summed E-state index contributed by atoms with van der Waals surface area (Å²) >= 11 is 1.73. The molecule has 164 valence electrons. The number of rotatable bonds is 8. The van der Waals surface area contributed by atoms with Crippen molar-refractivity contribution in [3.05, 3.63) is 11.1 Å². The summed E-state index contributed by atoms with van der Waals surface area (Å²) < 4.78 is 25.6. The first-order valence-electron chi connectivity index (χ1n) is 10.7. The first kappa shape index (κ1) is 22.3. The van der Waals surface area contributed by atoms with Gasteiger partial charge in [0.15, 0.2) is 11.1 Å². The van der Waals surface area contributed by atoms with E-state index in [1.807, 2.05) is 0 Å². The maximum Gasteiger partial charge on any atom is 0.213 e. The fraction of sp³-hybridized carbons (Fsp3) is 0.789. The Bertz CT molecular complexity index is 765. The highest BCUT2D eigenvalue weighted by atomic mass is 32.2. The Labute approximate surface area is 178 Å². The molecule has 0 spiro atoms. The number of aliphatic imine (C=N–C) groups is 1. The minimum Gasteiger partial charge on any atom is -0.357 e. The number of sulfonamides is 1. The third kappa shape index (κ3) is 6.29. The lowest BCUT2D eigenvalue weighted by Gasteiger charge is -2.32. The lowest BCUT2D eigenvalue weighted by molar-refractivity contribution is 0.306. The van der Waals surface area contributed by atoms with Crippen molar-refractivity contribution in [1.29, 1.82) is 0 Å². The number of thiazole rings is 1. The molecule has 0 aliphatic carbocycles. The molecule has 0 bridgehead atoms. The van der Waals surface area contributed by atoms with E-state index in [0.717, 1.165) is 55.7 Å². The molecule has 2 aliphatic rings. The molecule has 0 amide bonds. The van der Waals surface area contributed by atoms with E-state index < -0.39 is 10.0 Å². The fourth-order valence-electron chi connectivity index (χ4n) is 3.72. The van der Waals surface area contributed by atoms with Gasteiger partial charge in [0.1, 0.15) is 0 Å². The standard InChI is InChI=1S/C19H34N6O2S2/c1-3-20-18(22-16-8-13-25(14-9-16)29(26,27)4-2)21-10-7-17-15-28-19(23-17)24-11-5-6-12-24/h15-16H,3-14H2,1-2H3,(H2,20,21,22). The Balaban J connectivity index is 1.47. The maximum absolute atomic E-state index is 12.0. The van der Waals surface area contributed by atoms with E-state index in [0.29, 0.717) is 19.6 Å². The SMILES string of the molecule is CCNC(=NCCc1csc(N2CCCC2)n1)NC1CCN(S(=O)(=O)CC)CC1. The summed E-state index contributed by atoms with van der Waals surface area (Å²) in [5.41, 5.74) is 1.11. The van der Waals surface area contributed by atoms with Crippen molar-refractivity contribution >= 4 is 32.5 Å². The molecular weight excluding hydrogens is 408 g/mol. The zero-order valence-electron chi connectivity index (χ0n) is 17.6. The summed E-state index contributed by atoms with van der Waals surface area (Å²) in [5, 5.41) is 10.1. The molecule has 29 heavy (non-hydrogen) atoms. The Kier molecular flexibility index (Phi) is 8.14. The van der Waals surface area contributed by atoms with Crippen molar-refractivity contribution in [3.8, 4) is 0 Å². The fourth-order valence-corrected chi connectivity index (χ4v) is 5.77. The molecule has 2 fully saturated rings. The summed E-state index contributed by atoms with van der Waals surface area (Å²) in [6.07, 6.45) is 4.96. The molecule has 1 aromatic rings. The normalized spacial score (nSPS) is 19.7. The molecule has 2 N–H and O–H groups in total. The Morgan fingerprint density at radius 2 is 1.97 bits per heavy atom. The van der Waals surface area contributed by atoms with Crippen molar-refractivity contribution in [3.63, 3.8) is 0 Å². The molecule has 0 saturated carbocycles. The van der Waals surface area contributed by atoms with Gasteiger partial charge in [0.25, 0.3) is 0 Å². The average molecular weight is 443 g/mol. The van der Waals surface area contributed by atoms with Gasteiger partial charge in [-0.25, -0.2) is 17.7 Å². The summed E-state index contributed by atoms with van der Waals surface area (Å²) in [5.74, 6) is 0.977. The van der Waals surface area contributed by atoms with Gasteiger partial charge in [0.2, 0.25) is 10.0 Å². The molecule has 10 heteroatoms. The molecule has 2 saturated heterocycles. The summed E-state index contributed by atoms with van der Waals surface area (Å²) in [6.45, 7) is 8.63. The van der Waals surface area contributed by atoms with Crippen molar-refractivity contribution in [2.24, 2.45) is 4.99 Å². The van der Waals surface area contributed by atoms with Crippen LogP contribution in [0.2, 0.25) is 0 Å². The van der Waals surface area contributed by atoms with E-state index in [1.165, 1.54) is 12.8 Å². The monoisotopic (exact) mass is 442 g/mol. The summed E-state index contributed by atoms with van der Waals surface area (Å²) in [6, 6.07) is 0.247. The van der Waals surface area contributed by atoms with Crippen LogP contribution in [-0.4, -0.2) is 74.7 Å². The van der Waals surface area contributed by atoms with Crippen LogP contribution in [0.25, 0.3) is 0 Å². The lowest BCUT2D eigenvalue weighted by atomic mass is 10.1. The highest BCUT2D eigenvalue weighted by molar-refractivity contribution is 7.89. The smallest absolute Gasteiger partial charge is 0.213 e. The van der Waals surface area contributed by atoms with Crippen LogP contribution in [0.5, 0.6) is 0 Å². The highest BCUT2D eigenvalue weighted by Gasteiger charge is 2.27. The van der Waals surface area contributed by atoms with E-state index in [1.54, 1.807) is 22.6 Å². The topological polar surface area (TPSA) is 89.9 Å². The van der Waals surface area contributed by atoms with Crippen LogP contribution >= 0.6 is 11.3 Å². The molecule has 3 rings (SSSR count). The minimum atomic E-state index is -3.08. The van der Waals surface area contributed by atoms with Crippen LogP contribution < -0.4 is 15.5 Å². The van der Waals surface area contributed by atoms with Gasteiger partial charge in [-0.15, -0.1) is 11.3 Å². The van der Waals surface area contributed by atoms with Crippen LogP contribution in [0.1, 0.15) is 45.2 Å². The van der Waals surface area contributed by atoms with Crippen molar-refractivity contribution in [2.45, 2.75) is 52.0 Å². The van der Waals surface area contributed by atoms with E-state index >= 15 is 0 Å². The highest BCUT2D eigenvalue weighted by Crippen LogP contribution is 2.24. The zero-order chi connectivity index (χ0) is 20.7. The quantitative estimate of drug-likeness (QED) is 0.470. The van der Waals surface area contributed by atoms with Gasteiger partial charge in [0.05, 0.1) is 11.4 Å². The van der Waals surface area contributed by atoms with Gasteiger partial charge < -0.3 is 15.5 Å². The number of anilines is 1. The van der Waals surface area contributed by atoms with Gasteiger partial charge >= 0.3 is 0 Å². The molecular formula is C19H34N6O2S2. The van der Waals surface area contributed by atoms with Crippen LogP contribution in [0.15, 0.2) is 10.4 Å². The van der Waals surface area contributed by atoms with E-state index in [4.69, 9.17) is 9.98 Å². The maximum atomic E-state index is 12.0. The first-order valence-corrected chi connectivity index (χ1v) is 13.2. The third-order valence-electron chi connectivity index (χ3n) is 5.45. The molecule has 3 heterocycles. The number of aromatic nitrogens is 1.